The molecule has 3 rings (SSSR count). The third-order valence-electron chi connectivity index (χ3n) is 3.29. The van der Waals surface area contributed by atoms with Gasteiger partial charge < -0.3 is 9.64 Å². The average molecular weight is 313 g/mol. The van der Waals surface area contributed by atoms with Gasteiger partial charge in [0.2, 0.25) is 0 Å². The lowest BCUT2D eigenvalue weighted by Gasteiger charge is -2.19. The third-order valence-corrected chi connectivity index (χ3v) is 4.11. The number of anilines is 1. The molecule has 0 spiro atoms. The van der Waals surface area contributed by atoms with Crippen molar-refractivity contribution in [3.05, 3.63) is 47.6 Å². The molecule has 0 atom stereocenters. The van der Waals surface area contributed by atoms with Crippen LogP contribution in [0.4, 0.5) is 5.82 Å². The lowest BCUT2D eigenvalue weighted by atomic mass is 10.2. The number of hydrogen-bond acceptors (Lipinski definition) is 5. The number of nitrogens with zero attached hydrogens (tertiary/aromatic N) is 3. The summed E-state index contributed by atoms with van der Waals surface area (Å²) in [6.45, 7) is 4.84. The minimum absolute atomic E-state index is 0.181. The number of thiophene rings is 1. The van der Waals surface area contributed by atoms with Gasteiger partial charge in [0.15, 0.2) is 0 Å². The average Bonchev–Trinajstić information content (AvgIpc) is 2.95. The first-order valence-electron chi connectivity index (χ1n) is 7.28. The second kappa shape index (κ2) is 6.32. The minimum Gasteiger partial charge on any atom is -0.491 e. The molecule has 3 aromatic rings. The molecular weight excluding hydrogens is 294 g/mol. The second-order valence-corrected chi connectivity index (χ2v) is 6.40. The first kappa shape index (κ1) is 14.8. The molecule has 1 aromatic carbocycles. The fraction of sp³-hybridized carbons (Fsp3) is 0.294. The van der Waals surface area contributed by atoms with Gasteiger partial charge in [0.25, 0.3) is 0 Å². The van der Waals surface area contributed by atoms with Gasteiger partial charge in [-0.15, -0.1) is 11.3 Å². The maximum atomic E-state index is 5.76. The normalized spacial score (nSPS) is 11.1. The maximum absolute atomic E-state index is 5.76. The number of fused-ring (bicyclic) bond motifs is 1. The Labute approximate surface area is 134 Å². The van der Waals surface area contributed by atoms with Crippen LogP contribution < -0.4 is 9.64 Å². The zero-order chi connectivity index (χ0) is 15.5. The molecule has 0 aliphatic carbocycles. The van der Waals surface area contributed by atoms with Crippen molar-refractivity contribution in [2.24, 2.45) is 0 Å². The molecule has 114 valence electrons. The molecule has 0 saturated carbocycles. The molecule has 0 unspecified atom stereocenters. The van der Waals surface area contributed by atoms with Crippen molar-refractivity contribution in [2.75, 3.05) is 11.9 Å². The van der Waals surface area contributed by atoms with Crippen molar-refractivity contribution >= 4 is 27.4 Å². The van der Waals surface area contributed by atoms with Crippen molar-refractivity contribution in [3.63, 3.8) is 0 Å². The molecule has 0 bridgehead atoms. The van der Waals surface area contributed by atoms with E-state index < -0.39 is 0 Å². The highest BCUT2D eigenvalue weighted by Crippen LogP contribution is 2.27. The Hall–Kier alpha value is -2.14. The summed E-state index contributed by atoms with van der Waals surface area (Å²) < 4.78 is 5.76. The highest BCUT2D eigenvalue weighted by molar-refractivity contribution is 7.16. The van der Waals surface area contributed by atoms with Gasteiger partial charge in [-0.3, -0.25) is 0 Å². The Morgan fingerprint density at radius 2 is 2.09 bits per heavy atom. The summed E-state index contributed by atoms with van der Waals surface area (Å²) in [6, 6.07) is 10.3. The van der Waals surface area contributed by atoms with Gasteiger partial charge in [-0.2, -0.15) is 0 Å². The van der Waals surface area contributed by atoms with Crippen LogP contribution in [0.2, 0.25) is 0 Å². The third kappa shape index (κ3) is 3.20. The van der Waals surface area contributed by atoms with Crippen LogP contribution in [0, 0.1) is 0 Å². The topological polar surface area (TPSA) is 38.2 Å². The Bertz CT molecular complexity index is 769. The minimum atomic E-state index is 0.181. The summed E-state index contributed by atoms with van der Waals surface area (Å²) in [5, 5.41) is 3.15. The van der Waals surface area contributed by atoms with Crippen LogP contribution in [0.3, 0.4) is 0 Å². The summed E-state index contributed by atoms with van der Waals surface area (Å²) in [7, 11) is 2.05. The van der Waals surface area contributed by atoms with E-state index in [1.807, 2.05) is 31.4 Å². The molecule has 5 heteroatoms. The summed E-state index contributed by atoms with van der Waals surface area (Å²) in [6.07, 6.45) is 1.81. The highest BCUT2D eigenvalue weighted by atomic mass is 32.1. The number of rotatable bonds is 5. The molecule has 0 N–H and O–H groups in total. The molecule has 4 nitrogen and oxygen atoms in total. The first-order valence-corrected chi connectivity index (χ1v) is 8.16. The van der Waals surface area contributed by atoms with Crippen LogP contribution in [0.5, 0.6) is 5.75 Å². The monoisotopic (exact) mass is 313 g/mol. The Morgan fingerprint density at radius 3 is 2.91 bits per heavy atom. The largest absolute Gasteiger partial charge is 0.491 e. The number of hydrogen-bond donors (Lipinski definition) is 0. The molecule has 0 amide bonds. The van der Waals surface area contributed by atoms with Crippen LogP contribution >= 0.6 is 11.3 Å². The molecular formula is C17H19N3OS. The van der Waals surface area contributed by atoms with Crippen molar-refractivity contribution in [1.29, 1.82) is 0 Å². The van der Waals surface area contributed by atoms with Gasteiger partial charge in [-0.05, 0) is 43.0 Å². The molecule has 2 heterocycles. The summed E-state index contributed by atoms with van der Waals surface area (Å²) in [4.78, 5) is 11.9. The van der Waals surface area contributed by atoms with Crippen LogP contribution in [0.25, 0.3) is 10.2 Å². The highest BCUT2D eigenvalue weighted by Gasteiger charge is 2.10. The standard InChI is InChI=1S/C17H19N3OS/c1-12(2)21-14-6-4-5-13(9-14)10-20(3)16-15-7-8-22-17(15)19-11-18-16/h4-9,11-12H,10H2,1-3H3. The Morgan fingerprint density at radius 1 is 1.23 bits per heavy atom. The zero-order valence-electron chi connectivity index (χ0n) is 13.0. The van der Waals surface area contributed by atoms with Crippen molar-refractivity contribution in [2.45, 2.75) is 26.5 Å². The fourth-order valence-corrected chi connectivity index (χ4v) is 3.15. The molecule has 0 aliphatic heterocycles. The van der Waals surface area contributed by atoms with Crippen LogP contribution in [0.1, 0.15) is 19.4 Å². The van der Waals surface area contributed by atoms with Gasteiger partial charge in [-0.1, -0.05) is 12.1 Å². The Balaban J connectivity index is 1.82. The van der Waals surface area contributed by atoms with Crippen molar-refractivity contribution in [1.82, 2.24) is 9.97 Å². The van der Waals surface area contributed by atoms with E-state index in [-0.39, 0.29) is 6.10 Å². The second-order valence-electron chi connectivity index (χ2n) is 5.51. The molecule has 0 radical (unpaired) electrons. The van der Waals surface area contributed by atoms with E-state index in [1.54, 1.807) is 17.7 Å². The van der Waals surface area contributed by atoms with Gasteiger partial charge in [0.1, 0.15) is 22.7 Å². The van der Waals surface area contributed by atoms with E-state index in [1.165, 1.54) is 5.56 Å². The number of aromatic nitrogens is 2. The van der Waals surface area contributed by atoms with E-state index >= 15 is 0 Å². The molecule has 22 heavy (non-hydrogen) atoms. The van der Waals surface area contributed by atoms with Crippen LogP contribution in [-0.4, -0.2) is 23.1 Å². The van der Waals surface area contributed by atoms with E-state index in [9.17, 15) is 0 Å². The van der Waals surface area contributed by atoms with Gasteiger partial charge in [0.05, 0.1) is 11.5 Å². The van der Waals surface area contributed by atoms with Crippen LogP contribution in [-0.2, 0) is 6.54 Å². The lowest BCUT2D eigenvalue weighted by molar-refractivity contribution is 0.242. The number of benzene rings is 1. The van der Waals surface area contributed by atoms with Crippen molar-refractivity contribution < 1.29 is 4.74 Å². The number of ether oxygens (including phenoxy) is 1. The molecule has 0 saturated heterocycles. The molecule has 0 fully saturated rings. The van der Waals surface area contributed by atoms with E-state index in [4.69, 9.17) is 4.74 Å². The van der Waals surface area contributed by atoms with Gasteiger partial charge in [-0.25, -0.2) is 9.97 Å². The zero-order valence-corrected chi connectivity index (χ0v) is 13.8. The first-order chi connectivity index (χ1) is 10.6. The summed E-state index contributed by atoms with van der Waals surface area (Å²) in [5.74, 6) is 1.87. The SMILES string of the molecule is CC(C)Oc1cccc(CN(C)c2ncnc3sccc23)c1. The van der Waals surface area contributed by atoms with Gasteiger partial charge >= 0.3 is 0 Å². The molecule has 2 aromatic heterocycles. The predicted octanol–water partition coefficient (Wildman–Crippen LogP) is 4.11. The van der Waals surface area contributed by atoms with E-state index in [2.05, 4.69) is 40.1 Å². The van der Waals surface area contributed by atoms with Crippen LogP contribution in [0.15, 0.2) is 42.0 Å². The smallest absolute Gasteiger partial charge is 0.140 e. The van der Waals surface area contributed by atoms with Crippen molar-refractivity contribution in [3.8, 4) is 5.75 Å². The van der Waals surface area contributed by atoms with Gasteiger partial charge in [0, 0.05) is 13.6 Å². The fourth-order valence-electron chi connectivity index (χ4n) is 2.42. The quantitative estimate of drug-likeness (QED) is 0.710. The maximum Gasteiger partial charge on any atom is 0.140 e. The van der Waals surface area contributed by atoms with E-state index in [0.29, 0.717) is 0 Å². The molecule has 0 aliphatic rings. The lowest BCUT2D eigenvalue weighted by Crippen LogP contribution is -2.18. The predicted molar refractivity (Wildman–Crippen MR) is 91.7 cm³/mol. The summed E-state index contributed by atoms with van der Waals surface area (Å²) in [5.41, 5.74) is 1.20. The summed E-state index contributed by atoms with van der Waals surface area (Å²) >= 11 is 1.64. The van der Waals surface area contributed by atoms with E-state index in [0.717, 1.165) is 28.3 Å². The Kier molecular flexibility index (Phi) is 4.24.